The highest BCUT2D eigenvalue weighted by atomic mass is 16.1. The number of hydrogen-bond acceptors (Lipinski definition) is 3. The lowest BCUT2D eigenvalue weighted by molar-refractivity contribution is 1.14. The van der Waals surface area contributed by atoms with E-state index >= 15 is 0 Å². The molecular weight excluding hydrogens is 132 g/mol. The first-order valence-electron chi connectivity index (χ1n) is 2.67. The van der Waals surface area contributed by atoms with Crippen molar-refractivity contribution < 1.29 is 0 Å². The molecule has 0 spiro atoms. The molecule has 2 aromatic heterocycles. The van der Waals surface area contributed by atoms with Crippen LogP contribution in [0.5, 0.6) is 0 Å². The van der Waals surface area contributed by atoms with Crippen molar-refractivity contribution >= 4 is 11.2 Å². The fraction of sp³-hybridized carbons (Fsp3) is 0. The third-order valence-corrected chi connectivity index (χ3v) is 1.18. The Morgan fingerprint density at radius 2 is 2.50 bits per heavy atom. The van der Waals surface area contributed by atoms with E-state index in [1.54, 1.807) is 0 Å². The fourth-order valence-electron chi connectivity index (χ4n) is 0.733. The predicted molar refractivity (Wildman–Crippen MR) is 33.3 cm³/mol. The van der Waals surface area contributed by atoms with Crippen molar-refractivity contribution in [1.29, 1.82) is 0 Å². The van der Waals surface area contributed by atoms with E-state index in [9.17, 15) is 4.79 Å². The Hall–Kier alpha value is -1.65. The second-order valence-electron chi connectivity index (χ2n) is 1.78. The normalized spacial score (nSPS) is 10.4. The summed E-state index contributed by atoms with van der Waals surface area (Å²) in [5.41, 5.74) is 0.532. The van der Waals surface area contributed by atoms with Gasteiger partial charge in [-0.3, -0.25) is 4.79 Å². The summed E-state index contributed by atoms with van der Waals surface area (Å²) in [5, 5.41) is 0. The van der Waals surface area contributed by atoms with Crippen molar-refractivity contribution in [2.24, 2.45) is 0 Å². The van der Waals surface area contributed by atoms with E-state index in [2.05, 4.69) is 26.3 Å². The van der Waals surface area contributed by atoms with Crippen molar-refractivity contribution in [2.45, 2.75) is 0 Å². The molecule has 0 unspecified atom stereocenters. The number of H-pyrrole nitrogens is 2. The molecule has 0 amide bonds. The second-order valence-corrected chi connectivity index (χ2v) is 1.78. The minimum atomic E-state index is -0.248. The van der Waals surface area contributed by atoms with Crippen molar-refractivity contribution in [3.63, 3.8) is 0 Å². The number of aromatic nitrogens is 4. The zero-order chi connectivity index (χ0) is 6.97. The van der Waals surface area contributed by atoms with Crippen LogP contribution in [0.4, 0.5) is 0 Å². The minimum Gasteiger partial charge on any atom is -0.339 e. The number of fused-ring (bicyclic) bond motifs is 1. The van der Waals surface area contributed by atoms with Crippen LogP contribution in [0.15, 0.2) is 11.1 Å². The SMILES string of the molecule is O=c1[nH][c]nc2nc[nH]c12. The van der Waals surface area contributed by atoms with Crippen molar-refractivity contribution in [2.75, 3.05) is 0 Å². The van der Waals surface area contributed by atoms with Gasteiger partial charge in [-0.25, -0.2) is 9.97 Å². The van der Waals surface area contributed by atoms with E-state index in [0.29, 0.717) is 11.2 Å². The first kappa shape index (κ1) is 5.16. The molecule has 5 heteroatoms. The van der Waals surface area contributed by atoms with Crippen LogP contribution >= 0.6 is 0 Å². The summed E-state index contributed by atoms with van der Waals surface area (Å²) >= 11 is 0. The van der Waals surface area contributed by atoms with Crippen LogP contribution in [-0.4, -0.2) is 19.9 Å². The van der Waals surface area contributed by atoms with Crippen LogP contribution in [0, 0.1) is 6.33 Å². The molecule has 5 nitrogen and oxygen atoms in total. The molecule has 0 saturated carbocycles. The molecule has 0 aromatic carbocycles. The molecule has 2 N–H and O–H groups in total. The first-order valence-corrected chi connectivity index (χ1v) is 2.67. The number of rotatable bonds is 0. The first-order chi connectivity index (χ1) is 4.88. The van der Waals surface area contributed by atoms with E-state index in [1.165, 1.54) is 6.33 Å². The molecular formula is C5H3N4O. The number of aromatic amines is 2. The van der Waals surface area contributed by atoms with Gasteiger partial charge in [0.15, 0.2) is 17.5 Å². The molecule has 2 heterocycles. The summed E-state index contributed by atoms with van der Waals surface area (Å²) < 4.78 is 0. The minimum absolute atomic E-state index is 0.248. The fourth-order valence-corrected chi connectivity index (χ4v) is 0.733. The average Bonchev–Trinajstić information content (AvgIpc) is 2.36. The maximum Gasteiger partial charge on any atom is 0.277 e. The molecule has 0 aliphatic heterocycles. The number of hydrogen-bond donors (Lipinski definition) is 2. The lowest BCUT2D eigenvalue weighted by Gasteiger charge is -1.80. The molecule has 2 aromatic rings. The van der Waals surface area contributed by atoms with Crippen LogP contribution in [0.2, 0.25) is 0 Å². The third-order valence-electron chi connectivity index (χ3n) is 1.18. The molecule has 0 atom stereocenters. The summed E-state index contributed by atoms with van der Waals surface area (Å²) in [6.07, 6.45) is 3.74. The lowest BCUT2D eigenvalue weighted by Crippen LogP contribution is -2.05. The molecule has 2 rings (SSSR count). The highest BCUT2D eigenvalue weighted by Gasteiger charge is 1.98. The monoisotopic (exact) mass is 135 g/mol. The summed E-state index contributed by atoms with van der Waals surface area (Å²) in [6.45, 7) is 0. The van der Waals surface area contributed by atoms with Crippen molar-refractivity contribution in [1.82, 2.24) is 19.9 Å². The Morgan fingerprint density at radius 1 is 1.60 bits per heavy atom. The smallest absolute Gasteiger partial charge is 0.277 e. The van der Waals surface area contributed by atoms with Crippen LogP contribution in [-0.2, 0) is 0 Å². The van der Waals surface area contributed by atoms with Gasteiger partial charge in [-0.15, -0.1) is 0 Å². The van der Waals surface area contributed by atoms with Gasteiger partial charge < -0.3 is 9.97 Å². The maximum absolute atomic E-state index is 10.8. The van der Waals surface area contributed by atoms with Gasteiger partial charge in [0, 0.05) is 0 Å². The molecule has 0 saturated heterocycles. The Labute approximate surface area is 55.1 Å². The van der Waals surface area contributed by atoms with Gasteiger partial charge in [0.05, 0.1) is 6.33 Å². The van der Waals surface area contributed by atoms with Crippen molar-refractivity contribution in [3.8, 4) is 0 Å². The van der Waals surface area contributed by atoms with Crippen LogP contribution in [0.1, 0.15) is 0 Å². The molecule has 10 heavy (non-hydrogen) atoms. The van der Waals surface area contributed by atoms with E-state index in [0.717, 1.165) is 0 Å². The van der Waals surface area contributed by atoms with E-state index in [-0.39, 0.29) is 5.56 Å². The van der Waals surface area contributed by atoms with Gasteiger partial charge in [-0.1, -0.05) is 0 Å². The Balaban J connectivity index is 3.09. The summed E-state index contributed by atoms with van der Waals surface area (Å²) in [5.74, 6) is 0. The molecule has 0 bridgehead atoms. The molecule has 0 fully saturated rings. The van der Waals surface area contributed by atoms with Gasteiger partial charge in [-0.2, -0.15) is 0 Å². The quantitative estimate of drug-likeness (QED) is 0.508. The standard InChI is InChI=1S/C5H3N4O/c10-5-3-4(7-1-6-3)8-2-9-5/h1H,(H2,6,7,8,9,10). The second kappa shape index (κ2) is 1.66. The molecule has 49 valence electrons. The van der Waals surface area contributed by atoms with Crippen molar-refractivity contribution in [3.05, 3.63) is 23.0 Å². The van der Waals surface area contributed by atoms with Crippen LogP contribution in [0.25, 0.3) is 11.2 Å². The summed E-state index contributed by atoms with van der Waals surface area (Å²) in [4.78, 5) is 23.2. The van der Waals surface area contributed by atoms with Gasteiger partial charge in [0.25, 0.3) is 5.56 Å². The van der Waals surface area contributed by atoms with Crippen LogP contribution in [0.3, 0.4) is 0 Å². The lowest BCUT2D eigenvalue weighted by atomic mass is 10.6. The molecule has 0 aliphatic carbocycles. The zero-order valence-electron chi connectivity index (χ0n) is 4.88. The van der Waals surface area contributed by atoms with E-state index in [4.69, 9.17) is 0 Å². The van der Waals surface area contributed by atoms with Gasteiger partial charge >= 0.3 is 0 Å². The average molecular weight is 135 g/mol. The van der Waals surface area contributed by atoms with Gasteiger partial charge in [0.1, 0.15) is 0 Å². The zero-order valence-corrected chi connectivity index (χ0v) is 4.88. The summed E-state index contributed by atoms with van der Waals surface area (Å²) in [6, 6.07) is 0. The Bertz CT molecular complexity index is 401. The summed E-state index contributed by atoms with van der Waals surface area (Å²) in [7, 11) is 0. The highest BCUT2D eigenvalue weighted by Crippen LogP contribution is 1.93. The van der Waals surface area contributed by atoms with Gasteiger partial charge in [0.2, 0.25) is 0 Å². The highest BCUT2D eigenvalue weighted by molar-refractivity contribution is 5.67. The number of nitrogens with zero attached hydrogens (tertiary/aromatic N) is 2. The Morgan fingerprint density at radius 3 is 3.30 bits per heavy atom. The molecule has 1 radical (unpaired) electrons. The number of nitrogens with one attached hydrogen (secondary N) is 2. The third kappa shape index (κ3) is 0.540. The largest absolute Gasteiger partial charge is 0.339 e. The molecule has 0 aliphatic rings. The predicted octanol–water partition coefficient (Wildman–Crippen LogP) is -0.554. The Kier molecular flexibility index (Phi) is 0.858. The number of imidazole rings is 1. The van der Waals surface area contributed by atoms with E-state index < -0.39 is 0 Å². The van der Waals surface area contributed by atoms with Gasteiger partial charge in [-0.05, 0) is 0 Å². The topological polar surface area (TPSA) is 74.4 Å². The maximum atomic E-state index is 10.8. The van der Waals surface area contributed by atoms with E-state index in [1.807, 2.05) is 0 Å². The van der Waals surface area contributed by atoms with Crippen LogP contribution < -0.4 is 5.56 Å².